The fraction of sp³-hybridized carbons (Fsp3) is 0.750. The van der Waals surface area contributed by atoms with E-state index in [-0.39, 0.29) is 0 Å². The summed E-state index contributed by atoms with van der Waals surface area (Å²) in [7, 11) is 4.67. The first-order valence-electron chi connectivity index (χ1n) is 4.52. The van der Waals surface area contributed by atoms with Crippen LogP contribution >= 0.6 is 51.8 Å². The van der Waals surface area contributed by atoms with Crippen LogP contribution < -0.4 is 0 Å². The summed E-state index contributed by atoms with van der Waals surface area (Å²) in [6.07, 6.45) is 1.02. The summed E-state index contributed by atoms with van der Waals surface area (Å²) in [5, 5.41) is 3.07. The molecule has 0 aromatic carbocycles. The first kappa shape index (κ1) is 19.6. The van der Waals surface area contributed by atoms with Crippen LogP contribution in [-0.4, -0.2) is 31.9 Å². The zero-order valence-electron chi connectivity index (χ0n) is 9.25. The molecule has 0 fully saturated rings. The Balaban J connectivity index is 0. The van der Waals surface area contributed by atoms with E-state index in [2.05, 4.69) is 25.0 Å². The second-order valence-corrected chi connectivity index (χ2v) is 7.81. The van der Waals surface area contributed by atoms with Crippen molar-refractivity contribution in [3.8, 4) is 11.2 Å². The van der Waals surface area contributed by atoms with Crippen LogP contribution in [0.25, 0.3) is 0 Å². The molecule has 0 heterocycles. The van der Waals surface area contributed by atoms with Crippen molar-refractivity contribution in [2.75, 3.05) is 17.3 Å². The molecule has 0 aromatic heterocycles. The van der Waals surface area contributed by atoms with E-state index in [1.165, 1.54) is 5.75 Å². The van der Waals surface area contributed by atoms with Gasteiger partial charge in [-0.1, -0.05) is 52.1 Å². The van der Waals surface area contributed by atoms with Gasteiger partial charge in [-0.25, -0.2) is 0 Å². The van der Waals surface area contributed by atoms with E-state index in [1.807, 2.05) is 32.4 Å². The smallest absolute Gasteiger partial charge is 0.324 e. The zero-order valence-corrected chi connectivity index (χ0v) is 13.4. The lowest BCUT2D eigenvalue weighted by molar-refractivity contribution is 0.368. The van der Waals surface area contributed by atoms with Gasteiger partial charge in [0.2, 0.25) is 0 Å². The average molecular weight is 320 g/mol. The van der Waals surface area contributed by atoms with Crippen molar-refractivity contribution in [3.63, 3.8) is 0 Å². The Morgan fingerprint density at radius 3 is 2.06 bits per heavy atom. The zero-order chi connectivity index (χ0) is 12.6. The Kier molecular flexibility index (Phi) is 22.8. The van der Waals surface area contributed by atoms with E-state index in [0.717, 1.165) is 17.9 Å². The third-order valence-electron chi connectivity index (χ3n) is 0.802. The molecule has 96 valence electrons. The molecule has 0 saturated carbocycles. The maximum absolute atomic E-state index is 7.23. The van der Waals surface area contributed by atoms with Crippen molar-refractivity contribution in [2.24, 2.45) is 0 Å². The van der Waals surface area contributed by atoms with Gasteiger partial charge < -0.3 is 14.7 Å². The van der Waals surface area contributed by atoms with Crippen molar-refractivity contribution in [1.29, 1.82) is 0 Å². The van der Waals surface area contributed by atoms with Crippen molar-refractivity contribution >= 4 is 51.8 Å². The lowest BCUT2D eigenvalue weighted by Crippen LogP contribution is -1.71. The Bertz CT molecular complexity index is 181. The van der Waals surface area contributed by atoms with E-state index >= 15 is 0 Å². The van der Waals surface area contributed by atoms with Gasteiger partial charge in [0.1, 0.15) is 0 Å². The fourth-order valence-electron chi connectivity index (χ4n) is 0.404. The molecular formula is C8H17O3PS4. The van der Waals surface area contributed by atoms with Gasteiger partial charge in [0.15, 0.2) is 0 Å². The van der Waals surface area contributed by atoms with Gasteiger partial charge in [0.25, 0.3) is 0 Å². The quantitative estimate of drug-likeness (QED) is 0.300. The van der Waals surface area contributed by atoms with Crippen LogP contribution in [0.2, 0.25) is 0 Å². The first-order valence-corrected chi connectivity index (χ1v) is 10.5. The molecule has 0 atom stereocenters. The molecule has 8 heteroatoms. The van der Waals surface area contributed by atoms with E-state index in [9.17, 15) is 0 Å². The van der Waals surface area contributed by atoms with Gasteiger partial charge >= 0.3 is 8.60 Å². The van der Waals surface area contributed by atoms with Gasteiger partial charge in [-0.3, -0.25) is 0 Å². The Hall–Kier alpha value is 1.27. The molecule has 0 amide bonds. The van der Waals surface area contributed by atoms with E-state index < -0.39 is 8.60 Å². The minimum absolute atomic E-state index is 1.02. The monoisotopic (exact) mass is 320 g/mol. The number of rotatable bonds is 6. The van der Waals surface area contributed by atoms with E-state index in [0.29, 0.717) is 0 Å². The summed E-state index contributed by atoms with van der Waals surface area (Å²) >= 11 is 0. The summed E-state index contributed by atoms with van der Waals surface area (Å²) in [6, 6.07) is 0. The van der Waals surface area contributed by atoms with Crippen molar-refractivity contribution in [3.05, 3.63) is 0 Å². The van der Waals surface area contributed by atoms with Gasteiger partial charge in [-0.2, -0.15) is 0 Å². The molecule has 0 rings (SSSR count). The van der Waals surface area contributed by atoms with Crippen LogP contribution in [0, 0.1) is 11.2 Å². The van der Waals surface area contributed by atoms with Crippen LogP contribution in [0.15, 0.2) is 0 Å². The molecule has 0 unspecified atom stereocenters. The fourth-order valence-corrected chi connectivity index (χ4v) is 3.02. The molecule has 0 saturated heterocycles. The topological polar surface area (TPSA) is 60.7 Å². The second kappa shape index (κ2) is 18.6. The molecule has 0 aliphatic heterocycles. The average Bonchev–Trinajstić information content (AvgIpc) is 2.21. The third kappa shape index (κ3) is 29.5. The molecule has 3 N–H and O–H groups in total. The summed E-state index contributed by atoms with van der Waals surface area (Å²) in [5.41, 5.74) is 0. The second-order valence-electron chi connectivity index (χ2n) is 2.02. The van der Waals surface area contributed by atoms with Crippen molar-refractivity contribution < 1.29 is 14.7 Å². The molecule has 0 aliphatic carbocycles. The molecule has 0 aliphatic rings. The predicted octanol–water partition coefficient (Wildman–Crippen LogP) is 3.33. The molecule has 0 radical (unpaired) electrons. The van der Waals surface area contributed by atoms with Crippen LogP contribution in [0.5, 0.6) is 0 Å². The van der Waals surface area contributed by atoms with E-state index in [4.69, 9.17) is 14.7 Å². The summed E-state index contributed by atoms with van der Waals surface area (Å²) in [5.74, 6) is 6.62. The lowest BCUT2D eigenvalue weighted by atomic mass is 10.5. The summed E-state index contributed by atoms with van der Waals surface area (Å²) in [6.45, 7) is 4.32. The van der Waals surface area contributed by atoms with Gasteiger partial charge in [0.05, 0.1) is 0 Å². The largest absolute Gasteiger partial charge is 0.328 e. The van der Waals surface area contributed by atoms with Crippen LogP contribution in [0.3, 0.4) is 0 Å². The summed E-state index contributed by atoms with van der Waals surface area (Å²) in [4.78, 5) is 21.7. The van der Waals surface area contributed by atoms with Gasteiger partial charge in [-0.05, 0) is 16.0 Å². The van der Waals surface area contributed by atoms with Crippen molar-refractivity contribution in [1.82, 2.24) is 0 Å². The minimum atomic E-state index is -2.62. The molecule has 0 bridgehead atoms. The van der Waals surface area contributed by atoms with Crippen LogP contribution in [0.1, 0.15) is 20.3 Å². The SMILES string of the molecule is CCSSC#CCCSSCC.OP(O)O. The highest BCUT2D eigenvalue weighted by atomic mass is 33.1. The predicted molar refractivity (Wildman–Crippen MR) is 82.3 cm³/mol. The molecule has 16 heavy (non-hydrogen) atoms. The minimum Gasteiger partial charge on any atom is -0.328 e. The Labute approximate surface area is 115 Å². The maximum atomic E-state index is 7.23. The molecule has 3 nitrogen and oxygen atoms in total. The van der Waals surface area contributed by atoms with E-state index in [1.54, 1.807) is 10.8 Å². The molecule has 0 spiro atoms. The third-order valence-corrected chi connectivity index (χ3v) is 5.17. The highest BCUT2D eigenvalue weighted by Gasteiger charge is 1.84. The number of hydrogen-bond donors (Lipinski definition) is 3. The van der Waals surface area contributed by atoms with Gasteiger partial charge in [0, 0.05) is 23.7 Å². The Morgan fingerprint density at radius 1 is 1.00 bits per heavy atom. The van der Waals surface area contributed by atoms with Crippen molar-refractivity contribution in [2.45, 2.75) is 20.3 Å². The summed E-state index contributed by atoms with van der Waals surface area (Å²) < 4.78 is 0. The molecular weight excluding hydrogens is 303 g/mol. The number of hydrogen-bond acceptors (Lipinski definition) is 7. The highest BCUT2D eigenvalue weighted by Crippen LogP contribution is 2.21. The standard InChI is InChI=1S/C8H14S4.H3O3P/c1-3-9-11-7-5-6-8-12-10-4-2;1-4(2)3/h3-5,7H2,1-2H3;1-3H. The normalized spacial score (nSPS) is 9.12. The van der Waals surface area contributed by atoms with Gasteiger partial charge in [-0.15, -0.1) is 0 Å². The molecule has 0 aromatic rings. The first-order chi connectivity index (χ1) is 7.65. The highest BCUT2D eigenvalue weighted by molar-refractivity contribution is 8.78. The van der Waals surface area contributed by atoms with Crippen LogP contribution in [-0.2, 0) is 0 Å². The van der Waals surface area contributed by atoms with Crippen LogP contribution in [0.4, 0.5) is 0 Å². The lowest BCUT2D eigenvalue weighted by Gasteiger charge is -1.91. The maximum Gasteiger partial charge on any atom is 0.324 e. The Morgan fingerprint density at radius 2 is 1.56 bits per heavy atom.